The van der Waals surface area contributed by atoms with Crippen molar-refractivity contribution in [2.75, 3.05) is 6.61 Å². The molecule has 0 bridgehead atoms. The minimum absolute atomic E-state index is 0.0168. The number of ether oxygens (including phenoxy) is 1. The van der Waals surface area contributed by atoms with E-state index in [9.17, 15) is 13.2 Å². The first-order valence-electron chi connectivity index (χ1n) is 5.15. The minimum atomic E-state index is -4.25. The summed E-state index contributed by atoms with van der Waals surface area (Å²) in [6.45, 7) is 2.76. The molecule has 16 heavy (non-hydrogen) atoms. The molecule has 0 fully saturated rings. The van der Waals surface area contributed by atoms with Crippen LogP contribution in [-0.2, 0) is 17.8 Å². The predicted octanol–water partition coefficient (Wildman–Crippen LogP) is 3.64. The van der Waals surface area contributed by atoms with Gasteiger partial charge in [-0.15, -0.1) is 0 Å². The zero-order chi connectivity index (χ0) is 12.2. The third-order valence-corrected chi connectivity index (χ3v) is 2.27. The maximum Gasteiger partial charge on any atom is 0.411 e. The third kappa shape index (κ3) is 4.23. The number of halogens is 3. The summed E-state index contributed by atoms with van der Waals surface area (Å²) in [5.74, 6) is 0. The zero-order valence-electron chi connectivity index (χ0n) is 9.40. The molecule has 1 nitrogen and oxygen atoms in total. The van der Waals surface area contributed by atoms with Gasteiger partial charge >= 0.3 is 6.18 Å². The molecule has 1 aromatic carbocycles. The smallest absolute Gasteiger partial charge is 0.367 e. The van der Waals surface area contributed by atoms with E-state index in [-0.39, 0.29) is 6.61 Å². The maximum absolute atomic E-state index is 11.9. The Balaban J connectivity index is 2.60. The summed E-state index contributed by atoms with van der Waals surface area (Å²) in [7, 11) is 0. The highest BCUT2D eigenvalue weighted by Crippen LogP contribution is 2.18. The number of hydrogen-bond donors (Lipinski definition) is 0. The molecule has 0 aromatic heterocycles. The first kappa shape index (κ1) is 13.0. The minimum Gasteiger partial charge on any atom is -0.367 e. The van der Waals surface area contributed by atoms with Crippen LogP contribution in [0.25, 0.3) is 0 Å². The molecule has 0 aliphatic rings. The van der Waals surface area contributed by atoms with Gasteiger partial charge in [-0.25, -0.2) is 0 Å². The largest absolute Gasteiger partial charge is 0.411 e. The van der Waals surface area contributed by atoms with Crippen molar-refractivity contribution in [3.8, 4) is 0 Å². The molecule has 0 unspecified atom stereocenters. The molecule has 1 aromatic rings. The fourth-order valence-corrected chi connectivity index (χ4v) is 1.50. The number of alkyl halides is 3. The van der Waals surface area contributed by atoms with Crippen LogP contribution in [0.3, 0.4) is 0 Å². The van der Waals surface area contributed by atoms with Crippen molar-refractivity contribution >= 4 is 0 Å². The first-order valence-corrected chi connectivity index (χ1v) is 5.15. The van der Waals surface area contributed by atoms with Crippen LogP contribution in [0.5, 0.6) is 0 Å². The van der Waals surface area contributed by atoms with Crippen LogP contribution >= 0.6 is 0 Å². The molecule has 0 heterocycles. The van der Waals surface area contributed by atoms with Gasteiger partial charge in [0.05, 0.1) is 6.61 Å². The Morgan fingerprint density at radius 3 is 2.44 bits per heavy atom. The van der Waals surface area contributed by atoms with Crippen molar-refractivity contribution in [2.45, 2.75) is 33.1 Å². The van der Waals surface area contributed by atoms with Crippen molar-refractivity contribution < 1.29 is 17.9 Å². The molecule has 90 valence electrons. The highest BCUT2D eigenvalue weighted by Gasteiger charge is 2.27. The third-order valence-electron chi connectivity index (χ3n) is 2.27. The van der Waals surface area contributed by atoms with E-state index >= 15 is 0 Å². The van der Waals surface area contributed by atoms with E-state index in [1.165, 1.54) is 0 Å². The van der Waals surface area contributed by atoms with Crippen molar-refractivity contribution in [3.05, 3.63) is 34.9 Å². The average Bonchev–Trinajstić information content (AvgIpc) is 2.18. The summed E-state index contributed by atoms with van der Waals surface area (Å²) in [5.41, 5.74) is 2.98. The fourth-order valence-electron chi connectivity index (χ4n) is 1.50. The monoisotopic (exact) mass is 232 g/mol. The van der Waals surface area contributed by atoms with Gasteiger partial charge in [0.2, 0.25) is 0 Å². The van der Waals surface area contributed by atoms with Crippen molar-refractivity contribution in [1.29, 1.82) is 0 Å². The lowest BCUT2D eigenvalue weighted by molar-refractivity contribution is -0.176. The number of aryl methyl sites for hydroxylation is 2. The van der Waals surface area contributed by atoms with Crippen LogP contribution < -0.4 is 0 Å². The molecule has 0 aliphatic heterocycles. The van der Waals surface area contributed by atoms with Crippen LogP contribution in [0.2, 0.25) is 0 Å². The molecule has 1 rings (SSSR count). The van der Waals surface area contributed by atoms with Crippen LogP contribution in [-0.4, -0.2) is 12.8 Å². The molecule has 0 radical (unpaired) electrons. The van der Waals surface area contributed by atoms with E-state index in [1.807, 2.05) is 32.0 Å². The van der Waals surface area contributed by atoms with Gasteiger partial charge in [0.25, 0.3) is 0 Å². The van der Waals surface area contributed by atoms with Crippen molar-refractivity contribution in [1.82, 2.24) is 0 Å². The van der Waals surface area contributed by atoms with Gasteiger partial charge in [-0.3, -0.25) is 0 Å². The molecule has 0 saturated carbocycles. The van der Waals surface area contributed by atoms with E-state index in [2.05, 4.69) is 4.74 Å². The van der Waals surface area contributed by atoms with Crippen LogP contribution in [0.1, 0.15) is 23.6 Å². The first-order chi connectivity index (χ1) is 7.42. The Hall–Kier alpha value is -1.03. The molecular weight excluding hydrogens is 217 g/mol. The van der Waals surface area contributed by atoms with Gasteiger partial charge in [0, 0.05) is 0 Å². The molecule has 0 atom stereocenters. The summed E-state index contributed by atoms with van der Waals surface area (Å²) in [6.07, 6.45) is -3.45. The molecule has 0 spiro atoms. The van der Waals surface area contributed by atoms with E-state index < -0.39 is 12.8 Å². The topological polar surface area (TPSA) is 9.23 Å². The van der Waals surface area contributed by atoms with Gasteiger partial charge in [-0.1, -0.05) is 30.7 Å². The lowest BCUT2D eigenvalue weighted by Gasteiger charge is -2.11. The number of hydrogen-bond acceptors (Lipinski definition) is 1. The average molecular weight is 232 g/mol. The zero-order valence-corrected chi connectivity index (χ0v) is 9.40. The molecular formula is C12H15F3O. The Bertz CT molecular complexity index is 345. The Kier molecular flexibility index (Phi) is 4.35. The van der Waals surface area contributed by atoms with Gasteiger partial charge < -0.3 is 4.74 Å². The SMILES string of the molecule is CCc1cc(C)ccc1COCC(F)(F)F. The number of benzene rings is 1. The van der Waals surface area contributed by atoms with Gasteiger partial charge in [-0.05, 0) is 24.5 Å². The summed E-state index contributed by atoms with van der Waals surface area (Å²) in [4.78, 5) is 0. The van der Waals surface area contributed by atoms with Crippen LogP contribution in [0.15, 0.2) is 18.2 Å². The van der Waals surface area contributed by atoms with E-state index in [4.69, 9.17) is 0 Å². The standard InChI is InChI=1S/C12H15F3O/c1-3-10-6-9(2)4-5-11(10)7-16-8-12(13,14)15/h4-6H,3,7-8H2,1-2H3. The van der Waals surface area contributed by atoms with Crippen molar-refractivity contribution in [3.63, 3.8) is 0 Å². The van der Waals surface area contributed by atoms with Gasteiger partial charge in [-0.2, -0.15) is 13.2 Å². The Morgan fingerprint density at radius 2 is 1.88 bits per heavy atom. The van der Waals surface area contributed by atoms with Gasteiger partial charge in [0.1, 0.15) is 6.61 Å². The quantitative estimate of drug-likeness (QED) is 0.770. The fraction of sp³-hybridized carbons (Fsp3) is 0.500. The van der Waals surface area contributed by atoms with Gasteiger partial charge in [0.15, 0.2) is 0 Å². The maximum atomic E-state index is 11.9. The van der Waals surface area contributed by atoms with Crippen LogP contribution in [0, 0.1) is 6.92 Å². The number of rotatable bonds is 4. The molecule has 4 heteroatoms. The molecule has 0 saturated heterocycles. The summed E-state index contributed by atoms with van der Waals surface area (Å²) in [6, 6.07) is 5.68. The van der Waals surface area contributed by atoms with Crippen molar-refractivity contribution in [2.24, 2.45) is 0 Å². The van der Waals surface area contributed by atoms with Crippen LogP contribution in [0.4, 0.5) is 13.2 Å². The van der Waals surface area contributed by atoms with E-state index in [1.54, 1.807) is 0 Å². The molecule has 0 amide bonds. The summed E-state index contributed by atoms with van der Waals surface area (Å²) in [5, 5.41) is 0. The second kappa shape index (κ2) is 5.34. The van der Waals surface area contributed by atoms with E-state index in [0.717, 1.165) is 23.1 Å². The molecule has 0 aliphatic carbocycles. The second-order valence-corrected chi connectivity index (χ2v) is 3.73. The second-order valence-electron chi connectivity index (χ2n) is 3.73. The highest BCUT2D eigenvalue weighted by molar-refractivity contribution is 5.31. The lowest BCUT2D eigenvalue weighted by atomic mass is 10.0. The van der Waals surface area contributed by atoms with E-state index in [0.29, 0.717) is 0 Å². The Morgan fingerprint density at radius 1 is 1.19 bits per heavy atom. The lowest BCUT2D eigenvalue weighted by Crippen LogP contribution is -2.17. The highest BCUT2D eigenvalue weighted by atomic mass is 19.4. The molecule has 0 N–H and O–H groups in total. The normalized spacial score (nSPS) is 11.8. The Labute approximate surface area is 93.2 Å². The summed E-state index contributed by atoms with van der Waals surface area (Å²) >= 11 is 0. The summed E-state index contributed by atoms with van der Waals surface area (Å²) < 4.78 is 40.3. The predicted molar refractivity (Wildman–Crippen MR) is 56.3 cm³/mol.